The molecule has 1 amide bonds. The number of aromatic nitrogens is 3. The normalized spacial score (nSPS) is 23.8. The van der Waals surface area contributed by atoms with E-state index in [0.29, 0.717) is 18.2 Å². The first-order valence-corrected chi connectivity index (χ1v) is 10.2. The molecule has 7 nitrogen and oxygen atoms in total. The van der Waals surface area contributed by atoms with E-state index in [1.807, 2.05) is 17.2 Å². The van der Waals surface area contributed by atoms with Crippen molar-refractivity contribution in [3.05, 3.63) is 35.9 Å². The van der Waals surface area contributed by atoms with Crippen molar-refractivity contribution in [2.24, 2.45) is 5.92 Å². The minimum Gasteiger partial charge on any atom is -0.377 e. The van der Waals surface area contributed by atoms with Gasteiger partial charge in [0.2, 0.25) is 5.91 Å². The Hall–Kier alpha value is -2.12. The molecule has 2 saturated heterocycles. The van der Waals surface area contributed by atoms with E-state index >= 15 is 0 Å². The Balaban J connectivity index is 1.46. The molecule has 0 saturated carbocycles. The number of nitrogens with zero attached hydrogens (tertiary/aromatic N) is 5. The number of pyridine rings is 1. The summed E-state index contributed by atoms with van der Waals surface area (Å²) in [5, 5.41) is 4.92. The molecule has 0 aromatic carbocycles. The molecule has 4 rings (SSSR count). The number of halogens is 1. The maximum atomic E-state index is 13.1. The van der Waals surface area contributed by atoms with E-state index in [0.717, 1.165) is 37.3 Å². The second-order valence-corrected chi connectivity index (χ2v) is 8.15. The Morgan fingerprint density at radius 3 is 2.50 bits per heavy atom. The number of amides is 1. The lowest BCUT2D eigenvalue weighted by atomic mass is 9.93. The smallest absolute Gasteiger partial charge is 0.226 e. The molecule has 2 aliphatic heterocycles. The summed E-state index contributed by atoms with van der Waals surface area (Å²) >= 11 is 6.04. The largest absolute Gasteiger partial charge is 0.377 e. The molecule has 2 aliphatic rings. The van der Waals surface area contributed by atoms with Crippen LogP contribution >= 0.6 is 11.6 Å². The first-order chi connectivity index (χ1) is 13.5. The summed E-state index contributed by atoms with van der Waals surface area (Å²) in [5.41, 5.74) is 1.96. The summed E-state index contributed by atoms with van der Waals surface area (Å²) in [6.07, 6.45) is 8.71. The SMILES string of the molecule is CC1COCC(C)N1C(=O)C1CCN(c2cnccc2-n2cc(Cl)cn2)CC1. The number of carbonyl (C=O) groups excluding carboxylic acids is 1. The highest BCUT2D eigenvalue weighted by atomic mass is 35.5. The van der Waals surface area contributed by atoms with Gasteiger partial charge in [-0.3, -0.25) is 9.78 Å². The number of anilines is 1. The van der Waals surface area contributed by atoms with Gasteiger partial charge in [0, 0.05) is 31.4 Å². The Bertz CT molecular complexity index is 824. The zero-order valence-electron chi connectivity index (χ0n) is 16.3. The van der Waals surface area contributed by atoms with Gasteiger partial charge in [0.15, 0.2) is 0 Å². The second kappa shape index (κ2) is 8.09. The van der Waals surface area contributed by atoms with E-state index < -0.39 is 0 Å². The molecule has 0 aliphatic carbocycles. The van der Waals surface area contributed by atoms with Crippen LogP contribution in [0.2, 0.25) is 5.02 Å². The van der Waals surface area contributed by atoms with E-state index in [2.05, 4.69) is 28.8 Å². The second-order valence-electron chi connectivity index (χ2n) is 7.71. The molecule has 2 aromatic rings. The maximum absolute atomic E-state index is 13.1. The standard InChI is InChI=1S/C20H26ClN5O2/c1-14-12-28-13-15(2)26(14)20(27)16-4-7-24(8-5-16)19-10-22-6-3-18(19)25-11-17(21)9-23-25/h3,6,9-11,14-16H,4-5,7-8,12-13H2,1-2H3. The predicted octanol–water partition coefficient (Wildman–Crippen LogP) is 2.77. The molecule has 4 heterocycles. The van der Waals surface area contributed by atoms with E-state index in [9.17, 15) is 4.79 Å². The van der Waals surface area contributed by atoms with Crippen LogP contribution in [0.25, 0.3) is 5.69 Å². The van der Waals surface area contributed by atoms with Crippen molar-refractivity contribution in [3.63, 3.8) is 0 Å². The third-order valence-corrected chi connectivity index (χ3v) is 5.88. The molecule has 28 heavy (non-hydrogen) atoms. The van der Waals surface area contributed by atoms with Gasteiger partial charge in [-0.15, -0.1) is 0 Å². The molecular weight excluding hydrogens is 378 g/mol. The fraction of sp³-hybridized carbons (Fsp3) is 0.550. The number of piperidine rings is 1. The number of carbonyl (C=O) groups is 1. The Labute approximate surface area is 170 Å². The number of ether oxygens (including phenoxy) is 1. The van der Waals surface area contributed by atoms with Crippen LogP contribution in [-0.4, -0.2) is 64.0 Å². The Morgan fingerprint density at radius 1 is 1.14 bits per heavy atom. The number of rotatable bonds is 3. The topological polar surface area (TPSA) is 63.5 Å². The van der Waals surface area contributed by atoms with Crippen LogP contribution in [0.5, 0.6) is 0 Å². The molecule has 2 atom stereocenters. The van der Waals surface area contributed by atoms with Gasteiger partial charge in [0.1, 0.15) is 0 Å². The Morgan fingerprint density at radius 2 is 1.86 bits per heavy atom. The molecule has 2 aromatic heterocycles. The van der Waals surface area contributed by atoms with Gasteiger partial charge in [0.05, 0.1) is 54.1 Å². The Kier molecular flexibility index (Phi) is 5.55. The molecule has 0 N–H and O–H groups in total. The molecule has 8 heteroatoms. The fourth-order valence-electron chi connectivity index (χ4n) is 4.27. The average molecular weight is 404 g/mol. The van der Waals surface area contributed by atoms with Crippen molar-refractivity contribution in [3.8, 4) is 5.69 Å². The third-order valence-electron chi connectivity index (χ3n) is 5.68. The number of hydrogen-bond donors (Lipinski definition) is 0. The summed E-state index contributed by atoms with van der Waals surface area (Å²) in [4.78, 5) is 21.7. The quantitative estimate of drug-likeness (QED) is 0.788. The first-order valence-electron chi connectivity index (χ1n) is 9.84. The van der Waals surface area contributed by atoms with Crippen LogP contribution in [0.1, 0.15) is 26.7 Å². The summed E-state index contributed by atoms with van der Waals surface area (Å²) in [6, 6.07) is 2.22. The number of hydrogen-bond acceptors (Lipinski definition) is 5. The van der Waals surface area contributed by atoms with E-state index in [1.165, 1.54) is 0 Å². The third kappa shape index (κ3) is 3.73. The van der Waals surface area contributed by atoms with Crippen molar-refractivity contribution in [2.45, 2.75) is 38.8 Å². The lowest BCUT2D eigenvalue weighted by molar-refractivity contribution is -0.149. The van der Waals surface area contributed by atoms with Crippen molar-refractivity contribution < 1.29 is 9.53 Å². The van der Waals surface area contributed by atoms with E-state index in [1.54, 1.807) is 23.3 Å². The summed E-state index contributed by atoms with van der Waals surface area (Å²) in [5.74, 6) is 0.340. The van der Waals surface area contributed by atoms with Crippen molar-refractivity contribution >= 4 is 23.2 Å². The van der Waals surface area contributed by atoms with Gasteiger partial charge >= 0.3 is 0 Å². The number of morpholine rings is 1. The van der Waals surface area contributed by atoms with E-state index in [4.69, 9.17) is 16.3 Å². The van der Waals surface area contributed by atoms with Gasteiger partial charge in [0.25, 0.3) is 0 Å². The predicted molar refractivity (Wildman–Crippen MR) is 108 cm³/mol. The molecular formula is C20H26ClN5O2. The van der Waals surface area contributed by atoms with Gasteiger partial charge in [-0.05, 0) is 32.8 Å². The van der Waals surface area contributed by atoms with Crippen molar-refractivity contribution in [2.75, 3.05) is 31.2 Å². The fourth-order valence-corrected chi connectivity index (χ4v) is 4.40. The summed E-state index contributed by atoms with van der Waals surface area (Å²) in [7, 11) is 0. The molecule has 0 bridgehead atoms. The van der Waals surface area contributed by atoms with Crippen LogP contribution in [-0.2, 0) is 9.53 Å². The van der Waals surface area contributed by atoms with Crippen LogP contribution in [0.3, 0.4) is 0 Å². The van der Waals surface area contributed by atoms with Gasteiger partial charge < -0.3 is 14.5 Å². The monoisotopic (exact) mass is 403 g/mol. The lowest BCUT2D eigenvalue weighted by Gasteiger charge is -2.42. The van der Waals surface area contributed by atoms with Gasteiger partial charge in [-0.2, -0.15) is 5.10 Å². The average Bonchev–Trinajstić information content (AvgIpc) is 3.14. The highest BCUT2D eigenvalue weighted by Gasteiger charge is 2.35. The van der Waals surface area contributed by atoms with Crippen LogP contribution in [0.15, 0.2) is 30.9 Å². The van der Waals surface area contributed by atoms with Gasteiger partial charge in [-0.1, -0.05) is 11.6 Å². The molecule has 2 unspecified atom stereocenters. The maximum Gasteiger partial charge on any atom is 0.226 e. The van der Waals surface area contributed by atoms with Crippen LogP contribution < -0.4 is 4.90 Å². The van der Waals surface area contributed by atoms with E-state index in [-0.39, 0.29) is 23.9 Å². The van der Waals surface area contributed by atoms with Crippen LogP contribution in [0.4, 0.5) is 5.69 Å². The summed E-state index contributed by atoms with van der Waals surface area (Å²) in [6.45, 7) is 7.02. The lowest BCUT2D eigenvalue weighted by Crippen LogP contribution is -2.55. The zero-order chi connectivity index (χ0) is 19.7. The molecule has 0 radical (unpaired) electrons. The molecule has 2 fully saturated rings. The first kappa shape index (κ1) is 19.2. The van der Waals surface area contributed by atoms with Crippen molar-refractivity contribution in [1.29, 1.82) is 0 Å². The highest BCUT2D eigenvalue weighted by molar-refractivity contribution is 6.30. The molecule has 0 spiro atoms. The molecule has 150 valence electrons. The zero-order valence-corrected chi connectivity index (χ0v) is 17.0. The minimum absolute atomic E-state index is 0.0681. The summed E-state index contributed by atoms with van der Waals surface area (Å²) < 4.78 is 7.34. The highest BCUT2D eigenvalue weighted by Crippen LogP contribution is 2.30. The van der Waals surface area contributed by atoms with Gasteiger partial charge in [-0.25, -0.2) is 4.68 Å². The van der Waals surface area contributed by atoms with Crippen LogP contribution in [0, 0.1) is 5.92 Å². The minimum atomic E-state index is 0.0681. The van der Waals surface area contributed by atoms with Crippen molar-refractivity contribution in [1.82, 2.24) is 19.7 Å².